The van der Waals surface area contributed by atoms with E-state index in [0.717, 1.165) is 18.4 Å². The molecule has 0 spiro atoms. The van der Waals surface area contributed by atoms with Crippen molar-refractivity contribution in [2.45, 2.75) is 18.3 Å². The lowest BCUT2D eigenvalue weighted by Gasteiger charge is -2.20. The standard InChI is InChI=1S/C18H27FN4O2.HI/c1-23(2)16(24)12-21-17(20-10-11-25-3)22-13-18(8-9-18)14-6-4-5-7-15(14)19;/h4-7H,8-13H2,1-3H3,(H2,20,21,22);1H. The van der Waals surface area contributed by atoms with Crippen molar-refractivity contribution in [1.29, 1.82) is 0 Å². The Hall–Kier alpha value is -1.42. The highest BCUT2D eigenvalue weighted by Crippen LogP contribution is 2.48. The van der Waals surface area contributed by atoms with Crippen LogP contribution < -0.4 is 10.6 Å². The number of nitrogens with one attached hydrogen (secondary N) is 2. The van der Waals surface area contributed by atoms with E-state index >= 15 is 0 Å². The maximum absolute atomic E-state index is 14.1. The first-order chi connectivity index (χ1) is 12.0. The van der Waals surface area contributed by atoms with Gasteiger partial charge in [0.15, 0.2) is 5.96 Å². The minimum atomic E-state index is -0.194. The number of carbonyl (C=O) groups is 1. The molecule has 0 bridgehead atoms. The summed E-state index contributed by atoms with van der Waals surface area (Å²) in [5.74, 6) is 0.286. The molecule has 0 aromatic heterocycles. The summed E-state index contributed by atoms with van der Waals surface area (Å²) in [5, 5.41) is 6.38. The van der Waals surface area contributed by atoms with Crippen LogP contribution in [0.2, 0.25) is 0 Å². The van der Waals surface area contributed by atoms with Gasteiger partial charge in [0, 0.05) is 39.7 Å². The molecule has 0 heterocycles. The molecule has 2 rings (SSSR count). The van der Waals surface area contributed by atoms with Crippen molar-refractivity contribution < 1.29 is 13.9 Å². The maximum Gasteiger partial charge on any atom is 0.243 e. The number of halogens is 2. The number of nitrogens with zero attached hydrogens (tertiary/aromatic N) is 2. The fraction of sp³-hybridized carbons (Fsp3) is 0.556. The Kier molecular flexibility index (Phi) is 9.28. The fourth-order valence-electron chi connectivity index (χ4n) is 2.57. The van der Waals surface area contributed by atoms with Crippen LogP contribution in [0, 0.1) is 5.82 Å². The molecule has 1 fully saturated rings. The topological polar surface area (TPSA) is 66.0 Å². The lowest BCUT2D eigenvalue weighted by molar-refractivity contribution is -0.127. The molecule has 1 aliphatic carbocycles. The number of carbonyl (C=O) groups excluding carboxylic acids is 1. The second kappa shape index (κ2) is 10.7. The number of hydrogen-bond acceptors (Lipinski definition) is 3. The van der Waals surface area contributed by atoms with Crippen LogP contribution >= 0.6 is 24.0 Å². The minimum absolute atomic E-state index is 0. The van der Waals surface area contributed by atoms with Gasteiger partial charge in [0.1, 0.15) is 12.4 Å². The quantitative estimate of drug-likeness (QED) is 0.259. The average Bonchev–Trinajstić information content (AvgIpc) is 3.38. The second-order valence-corrected chi connectivity index (χ2v) is 6.49. The van der Waals surface area contributed by atoms with Gasteiger partial charge in [-0.2, -0.15) is 0 Å². The number of rotatable bonds is 8. The zero-order valence-corrected chi connectivity index (χ0v) is 17.9. The van der Waals surface area contributed by atoms with Gasteiger partial charge in [0.25, 0.3) is 0 Å². The highest BCUT2D eigenvalue weighted by molar-refractivity contribution is 14.0. The van der Waals surface area contributed by atoms with Gasteiger partial charge >= 0.3 is 0 Å². The van der Waals surface area contributed by atoms with Crippen molar-refractivity contribution in [1.82, 2.24) is 15.5 Å². The van der Waals surface area contributed by atoms with Crippen LogP contribution in [-0.4, -0.2) is 64.2 Å². The highest BCUT2D eigenvalue weighted by atomic mass is 127. The number of aliphatic imine (C=N–C) groups is 1. The summed E-state index contributed by atoms with van der Waals surface area (Å²) in [5.41, 5.74) is 0.545. The predicted molar refractivity (Wildman–Crippen MR) is 112 cm³/mol. The summed E-state index contributed by atoms with van der Waals surface area (Å²) >= 11 is 0. The first-order valence-electron chi connectivity index (χ1n) is 8.45. The Bertz CT molecular complexity index is 621. The first kappa shape index (κ1) is 22.6. The third-order valence-electron chi connectivity index (χ3n) is 4.36. The molecular weight excluding hydrogens is 450 g/mol. The smallest absolute Gasteiger partial charge is 0.243 e. The van der Waals surface area contributed by atoms with Crippen LogP contribution in [0.15, 0.2) is 29.3 Å². The van der Waals surface area contributed by atoms with Crippen molar-refractivity contribution in [2.75, 3.05) is 47.4 Å². The van der Waals surface area contributed by atoms with Crippen LogP contribution in [0.3, 0.4) is 0 Å². The molecule has 1 aromatic rings. The molecule has 26 heavy (non-hydrogen) atoms. The summed E-state index contributed by atoms with van der Waals surface area (Å²) in [7, 11) is 5.01. The summed E-state index contributed by atoms with van der Waals surface area (Å²) in [4.78, 5) is 17.6. The molecule has 1 amide bonds. The van der Waals surface area contributed by atoms with E-state index in [1.54, 1.807) is 27.3 Å². The van der Waals surface area contributed by atoms with Crippen molar-refractivity contribution >= 4 is 35.8 Å². The zero-order valence-electron chi connectivity index (χ0n) is 15.5. The van der Waals surface area contributed by atoms with Crippen molar-refractivity contribution in [3.8, 4) is 0 Å². The molecule has 0 aliphatic heterocycles. The molecule has 0 unspecified atom stereocenters. The van der Waals surface area contributed by atoms with E-state index < -0.39 is 0 Å². The third-order valence-corrected chi connectivity index (χ3v) is 4.36. The number of likely N-dealkylation sites (N-methyl/N-ethyl adjacent to an activating group) is 1. The SMILES string of the molecule is COCCNC(=NCC(=O)N(C)C)NCC1(c2ccccc2F)CC1.I. The van der Waals surface area contributed by atoms with Gasteiger partial charge in [0.2, 0.25) is 5.91 Å². The Morgan fingerprint density at radius 2 is 2.00 bits per heavy atom. The normalized spacial score (nSPS) is 15.0. The number of ether oxygens (including phenoxy) is 1. The molecule has 1 aliphatic rings. The molecule has 1 saturated carbocycles. The Labute approximate surface area is 171 Å². The molecule has 146 valence electrons. The number of hydrogen-bond donors (Lipinski definition) is 2. The summed E-state index contributed by atoms with van der Waals surface area (Å²) in [6.45, 7) is 1.73. The molecule has 0 atom stereocenters. The van der Waals surface area contributed by atoms with E-state index in [-0.39, 0.29) is 47.7 Å². The van der Waals surface area contributed by atoms with E-state index in [4.69, 9.17) is 4.74 Å². The van der Waals surface area contributed by atoms with Crippen LogP contribution in [0.25, 0.3) is 0 Å². The summed E-state index contributed by atoms with van der Waals surface area (Å²) in [6.07, 6.45) is 1.87. The molecule has 8 heteroatoms. The van der Waals surface area contributed by atoms with Gasteiger partial charge in [0.05, 0.1) is 6.61 Å². The first-order valence-corrected chi connectivity index (χ1v) is 8.45. The lowest BCUT2D eigenvalue weighted by atomic mass is 9.95. The Morgan fingerprint density at radius 3 is 2.58 bits per heavy atom. The van der Waals surface area contributed by atoms with Gasteiger partial charge in [-0.25, -0.2) is 9.38 Å². The van der Waals surface area contributed by atoms with Crippen molar-refractivity contribution in [3.63, 3.8) is 0 Å². The highest BCUT2D eigenvalue weighted by Gasteiger charge is 2.45. The van der Waals surface area contributed by atoms with Crippen molar-refractivity contribution in [2.24, 2.45) is 4.99 Å². The number of benzene rings is 1. The molecule has 6 nitrogen and oxygen atoms in total. The van der Waals surface area contributed by atoms with E-state index in [1.807, 2.05) is 12.1 Å². The molecule has 2 N–H and O–H groups in total. The summed E-state index contributed by atoms with van der Waals surface area (Å²) < 4.78 is 19.1. The monoisotopic (exact) mass is 478 g/mol. The number of guanidine groups is 1. The van der Waals surface area contributed by atoms with Gasteiger partial charge < -0.3 is 20.3 Å². The van der Waals surface area contributed by atoms with E-state index in [2.05, 4.69) is 15.6 Å². The van der Waals surface area contributed by atoms with Crippen LogP contribution in [0.1, 0.15) is 18.4 Å². The van der Waals surface area contributed by atoms with Gasteiger partial charge in [-0.05, 0) is 24.5 Å². The van der Waals surface area contributed by atoms with Crippen LogP contribution in [0.4, 0.5) is 4.39 Å². The minimum Gasteiger partial charge on any atom is -0.383 e. The number of amides is 1. The molecule has 0 saturated heterocycles. The van der Waals surface area contributed by atoms with Crippen molar-refractivity contribution in [3.05, 3.63) is 35.6 Å². The van der Waals surface area contributed by atoms with Gasteiger partial charge in [-0.1, -0.05) is 18.2 Å². The second-order valence-electron chi connectivity index (χ2n) is 6.49. The zero-order chi connectivity index (χ0) is 18.3. The molecule has 1 aromatic carbocycles. The van der Waals surface area contributed by atoms with E-state index in [9.17, 15) is 9.18 Å². The third kappa shape index (κ3) is 6.39. The lowest BCUT2D eigenvalue weighted by Crippen LogP contribution is -2.43. The van der Waals surface area contributed by atoms with Crippen LogP contribution in [0.5, 0.6) is 0 Å². The number of methoxy groups -OCH3 is 1. The van der Waals surface area contributed by atoms with Crippen LogP contribution in [-0.2, 0) is 14.9 Å². The predicted octanol–water partition coefficient (Wildman–Crippen LogP) is 1.75. The largest absolute Gasteiger partial charge is 0.383 e. The molecule has 0 radical (unpaired) electrons. The fourth-order valence-corrected chi connectivity index (χ4v) is 2.57. The maximum atomic E-state index is 14.1. The van der Waals surface area contributed by atoms with Gasteiger partial charge in [-0.3, -0.25) is 4.79 Å². The summed E-state index contributed by atoms with van der Waals surface area (Å²) in [6, 6.07) is 6.90. The molecular formula is C18H28FIN4O2. The average molecular weight is 478 g/mol. The van der Waals surface area contributed by atoms with E-state index in [0.29, 0.717) is 25.7 Å². The van der Waals surface area contributed by atoms with E-state index in [1.165, 1.54) is 11.0 Å². The Morgan fingerprint density at radius 1 is 1.31 bits per heavy atom. The Balaban J connectivity index is 0.00000338. The van der Waals surface area contributed by atoms with Gasteiger partial charge in [-0.15, -0.1) is 24.0 Å².